The highest BCUT2D eigenvalue weighted by atomic mass is 32.2. The fourth-order valence-corrected chi connectivity index (χ4v) is 6.60. The van der Waals surface area contributed by atoms with Crippen molar-refractivity contribution >= 4 is 29.1 Å². The minimum absolute atomic E-state index is 0.00697. The zero-order valence-corrected chi connectivity index (χ0v) is 22.3. The van der Waals surface area contributed by atoms with E-state index in [1.165, 1.54) is 5.56 Å². The van der Waals surface area contributed by atoms with Gasteiger partial charge in [-0.05, 0) is 87.5 Å². The molecule has 5 rings (SSSR count). The van der Waals surface area contributed by atoms with Gasteiger partial charge in [0.1, 0.15) is 5.71 Å². The Balaban J connectivity index is 1.21. The summed E-state index contributed by atoms with van der Waals surface area (Å²) in [5.41, 5.74) is 4.16. The second kappa shape index (κ2) is 11.7. The van der Waals surface area contributed by atoms with Gasteiger partial charge in [0, 0.05) is 48.0 Å². The van der Waals surface area contributed by atoms with Crippen LogP contribution in [-0.4, -0.2) is 58.0 Å². The Labute approximate surface area is 225 Å². The number of aromatic nitrogens is 1. The van der Waals surface area contributed by atoms with Crippen molar-refractivity contribution in [2.45, 2.75) is 82.1 Å². The van der Waals surface area contributed by atoms with Crippen LogP contribution in [0, 0.1) is 6.92 Å². The molecule has 0 bridgehead atoms. The van der Waals surface area contributed by atoms with E-state index in [1.807, 2.05) is 24.1 Å². The lowest BCUT2D eigenvalue weighted by molar-refractivity contribution is -0.0552. The Bertz CT molecular complexity index is 1150. The van der Waals surface area contributed by atoms with Crippen LogP contribution < -0.4 is 4.31 Å². The molecule has 0 amide bonds. The van der Waals surface area contributed by atoms with Crippen molar-refractivity contribution in [3.63, 3.8) is 0 Å². The normalized spacial score (nSPS) is 21.0. The van der Waals surface area contributed by atoms with E-state index in [1.54, 1.807) is 6.20 Å². The van der Waals surface area contributed by atoms with Crippen molar-refractivity contribution < 1.29 is 17.6 Å². The van der Waals surface area contributed by atoms with Gasteiger partial charge in [0.05, 0.1) is 18.0 Å². The van der Waals surface area contributed by atoms with E-state index in [9.17, 15) is 17.6 Å². The van der Waals surface area contributed by atoms with E-state index in [0.29, 0.717) is 35.9 Å². The number of benzene rings is 1. The van der Waals surface area contributed by atoms with Crippen LogP contribution in [0.1, 0.15) is 61.8 Å². The molecule has 0 spiro atoms. The minimum Gasteiger partial charge on any atom is -0.310 e. The van der Waals surface area contributed by atoms with Gasteiger partial charge in [-0.1, -0.05) is 12.1 Å². The molecular weight excluding hydrogens is 514 g/mol. The Hall–Kier alpha value is -2.46. The fourth-order valence-electron chi connectivity index (χ4n) is 5.37. The number of hydrogen-bond acceptors (Lipinski definition) is 6. The molecule has 1 aromatic carbocycles. The number of anilines is 1. The number of alkyl halides is 4. The molecule has 3 aliphatic rings. The van der Waals surface area contributed by atoms with Crippen molar-refractivity contribution in [3.8, 4) is 0 Å². The summed E-state index contributed by atoms with van der Waals surface area (Å²) in [5, 5.41) is 7.93. The number of piperidine rings is 1. The van der Waals surface area contributed by atoms with Crippen LogP contribution in [-0.2, 0) is 6.54 Å². The van der Waals surface area contributed by atoms with Crippen molar-refractivity contribution in [1.29, 1.82) is 0 Å². The van der Waals surface area contributed by atoms with Gasteiger partial charge in [-0.15, -0.1) is 0 Å². The molecule has 1 aliphatic carbocycles. The average molecular weight is 548 g/mol. The Kier molecular flexibility index (Phi) is 8.38. The summed E-state index contributed by atoms with van der Waals surface area (Å²) < 4.78 is 55.3. The first kappa shape index (κ1) is 27.1. The van der Waals surface area contributed by atoms with Crippen LogP contribution in [0.25, 0.3) is 0 Å². The second-order valence-electron chi connectivity index (χ2n) is 10.5. The third kappa shape index (κ3) is 6.75. The summed E-state index contributed by atoms with van der Waals surface area (Å²) in [4.78, 5) is 7.03. The van der Waals surface area contributed by atoms with Gasteiger partial charge in [0.2, 0.25) is 5.92 Å². The Morgan fingerprint density at radius 1 is 1.05 bits per heavy atom. The van der Waals surface area contributed by atoms with Crippen molar-refractivity contribution in [1.82, 2.24) is 9.88 Å². The molecule has 1 saturated carbocycles. The van der Waals surface area contributed by atoms with Crippen LogP contribution in [0.3, 0.4) is 0 Å². The van der Waals surface area contributed by atoms with Gasteiger partial charge >= 0.3 is 0 Å². The molecule has 1 saturated heterocycles. The van der Waals surface area contributed by atoms with Gasteiger partial charge < -0.3 is 9.21 Å². The molecule has 1 aromatic heterocycles. The van der Waals surface area contributed by atoms with Crippen LogP contribution in [0.5, 0.6) is 0 Å². The molecule has 10 heteroatoms. The predicted octanol–water partition coefficient (Wildman–Crippen LogP) is 6.90. The van der Waals surface area contributed by atoms with Crippen molar-refractivity contribution in [2.24, 2.45) is 10.2 Å². The summed E-state index contributed by atoms with van der Waals surface area (Å²) in [7, 11) is 0. The summed E-state index contributed by atoms with van der Waals surface area (Å²) in [6.45, 7) is 4.54. The average Bonchev–Trinajstić information content (AvgIpc) is 3.40. The standard InChI is InChI=1S/C28H33F4N5S/c1-19-3-2-4-23(15-19)37(18-21-6-5-20(17-33-21)25-16-26(27(29)30)35-34-25)38-24-9-13-36(14-10-24)22-7-11-28(31,32)12-8-22/h2-6,15,17,22,24,27H,7-14,16,18H2,1H3. The van der Waals surface area contributed by atoms with E-state index in [-0.39, 0.29) is 31.0 Å². The highest BCUT2D eigenvalue weighted by Crippen LogP contribution is 2.38. The van der Waals surface area contributed by atoms with Gasteiger partial charge in [0.15, 0.2) is 0 Å². The third-order valence-corrected chi connectivity index (χ3v) is 8.97. The molecule has 0 radical (unpaired) electrons. The topological polar surface area (TPSA) is 44.1 Å². The highest BCUT2D eigenvalue weighted by molar-refractivity contribution is 8.01. The van der Waals surface area contributed by atoms with Crippen LogP contribution in [0.4, 0.5) is 23.2 Å². The van der Waals surface area contributed by atoms with E-state index in [0.717, 1.165) is 37.3 Å². The maximum absolute atomic E-state index is 13.6. The van der Waals surface area contributed by atoms with Crippen LogP contribution in [0.2, 0.25) is 0 Å². The summed E-state index contributed by atoms with van der Waals surface area (Å²) >= 11 is 1.83. The van der Waals surface area contributed by atoms with Crippen LogP contribution >= 0.6 is 11.9 Å². The van der Waals surface area contributed by atoms with E-state index < -0.39 is 12.3 Å². The highest BCUT2D eigenvalue weighted by Gasteiger charge is 2.38. The van der Waals surface area contributed by atoms with Gasteiger partial charge in [-0.3, -0.25) is 4.98 Å². The number of hydrogen-bond donors (Lipinski definition) is 0. The molecule has 5 nitrogen and oxygen atoms in total. The lowest BCUT2D eigenvalue weighted by Gasteiger charge is -2.41. The number of rotatable bonds is 8. The lowest BCUT2D eigenvalue weighted by Crippen LogP contribution is -2.45. The van der Waals surface area contributed by atoms with Crippen molar-refractivity contribution in [3.05, 3.63) is 59.4 Å². The molecule has 0 N–H and O–H groups in total. The molecule has 204 valence electrons. The molecule has 0 atom stereocenters. The summed E-state index contributed by atoms with van der Waals surface area (Å²) in [6, 6.07) is 12.5. The Morgan fingerprint density at radius 2 is 1.82 bits per heavy atom. The summed E-state index contributed by atoms with van der Waals surface area (Å²) in [5.74, 6) is -2.49. The molecule has 3 heterocycles. The SMILES string of the molecule is Cc1cccc(N(Cc2ccc(C3=NN=C(C(F)F)C3)cn2)SC2CCN(C3CCC(F)(F)CC3)CC2)c1. The molecule has 2 aromatic rings. The number of pyridine rings is 1. The molecule has 2 aliphatic heterocycles. The number of likely N-dealkylation sites (tertiary alicyclic amines) is 1. The minimum atomic E-state index is -2.59. The largest absolute Gasteiger partial charge is 0.310 e. The summed E-state index contributed by atoms with van der Waals surface area (Å²) in [6.07, 6.45) is 2.35. The molecular formula is C28H33F4N5S. The second-order valence-corrected chi connectivity index (χ2v) is 11.8. The first-order chi connectivity index (χ1) is 18.3. The van der Waals surface area contributed by atoms with Crippen molar-refractivity contribution in [2.75, 3.05) is 17.4 Å². The van der Waals surface area contributed by atoms with Crippen LogP contribution in [0.15, 0.2) is 52.8 Å². The quantitative estimate of drug-likeness (QED) is 0.266. The van der Waals surface area contributed by atoms with Gasteiger partial charge in [0.25, 0.3) is 6.43 Å². The zero-order chi connectivity index (χ0) is 26.7. The van der Waals surface area contributed by atoms with E-state index >= 15 is 0 Å². The number of halogens is 4. The Morgan fingerprint density at radius 3 is 2.45 bits per heavy atom. The zero-order valence-electron chi connectivity index (χ0n) is 21.5. The smallest absolute Gasteiger partial charge is 0.278 e. The first-order valence-electron chi connectivity index (χ1n) is 13.3. The maximum atomic E-state index is 13.6. The fraction of sp³-hybridized carbons (Fsp3) is 0.536. The monoisotopic (exact) mass is 547 g/mol. The van der Waals surface area contributed by atoms with Gasteiger partial charge in [-0.2, -0.15) is 10.2 Å². The van der Waals surface area contributed by atoms with Gasteiger partial charge in [-0.25, -0.2) is 17.6 Å². The number of aryl methyl sites for hydroxylation is 1. The predicted molar refractivity (Wildman–Crippen MR) is 146 cm³/mol. The lowest BCUT2D eigenvalue weighted by atomic mass is 9.90. The number of nitrogens with zero attached hydrogens (tertiary/aromatic N) is 5. The van der Waals surface area contributed by atoms with E-state index in [4.69, 9.17) is 0 Å². The third-order valence-electron chi connectivity index (χ3n) is 7.61. The maximum Gasteiger partial charge on any atom is 0.278 e. The first-order valence-corrected chi connectivity index (χ1v) is 14.1. The molecule has 38 heavy (non-hydrogen) atoms. The molecule has 2 fully saturated rings. The van der Waals surface area contributed by atoms with E-state index in [2.05, 4.69) is 55.6 Å². The molecule has 0 unspecified atom stereocenters.